The van der Waals surface area contributed by atoms with Crippen LogP contribution < -0.4 is 4.74 Å². The second-order valence-corrected chi connectivity index (χ2v) is 8.19. The second kappa shape index (κ2) is 10.9. The van der Waals surface area contributed by atoms with Crippen LogP contribution in [0.4, 0.5) is 8.78 Å². The number of hydrogen-bond donors (Lipinski definition) is 0. The Balaban J connectivity index is 1.52. The topological polar surface area (TPSA) is 53.3 Å². The van der Waals surface area contributed by atoms with Gasteiger partial charge in [-0.25, -0.2) is 18.6 Å². The molecule has 0 N–H and O–H groups in total. The SMILES string of the molecule is O=C(O/C(=C\c1nc2ccccc2n1CCOc1ccccc1)c1cccc(F)c1)c1cccc(F)c1. The van der Waals surface area contributed by atoms with Crippen LogP contribution >= 0.6 is 0 Å². The molecule has 0 fully saturated rings. The molecule has 37 heavy (non-hydrogen) atoms. The first-order valence-corrected chi connectivity index (χ1v) is 11.7. The Morgan fingerprint density at radius 2 is 1.49 bits per heavy atom. The number of nitrogens with zero attached hydrogens (tertiary/aromatic N) is 2. The molecule has 0 amide bonds. The number of fused-ring (bicyclic) bond motifs is 1. The summed E-state index contributed by atoms with van der Waals surface area (Å²) in [6.45, 7) is 0.819. The summed E-state index contributed by atoms with van der Waals surface area (Å²) in [7, 11) is 0. The summed E-state index contributed by atoms with van der Waals surface area (Å²) in [6.07, 6.45) is 1.58. The third-order valence-electron chi connectivity index (χ3n) is 5.64. The van der Waals surface area contributed by atoms with Crippen molar-refractivity contribution >= 4 is 28.8 Å². The molecule has 1 heterocycles. The quantitative estimate of drug-likeness (QED) is 0.176. The van der Waals surface area contributed by atoms with Gasteiger partial charge < -0.3 is 14.0 Å². The first kappa shape index (κ1) is 23.9. The van der Waals surface area contributed by atoms with Gasteiger partial charge in [0.1, 0.15) is 35.6 Å². The number of benzene rings is 4. The van der Waals surface area contributed by atoms with Crippen molar-refractivity contribution in [2.24, 2.45) is 0 Å². The van der Waals surface area contributed by atoms with Crippen molar-refractivity contribution < 1.29 is 23.0 Å². The van der Waals surface area contributed by atoms with Gasteiger partial charge in [0, 0.05) is 11.6 Å². The third-order valence-corrected chi connectivity index (χ3v) is 5.64. The van der Waals surface area contributed by atoms with Crippen molar-refractivity contribution in [2.75, 3.05) is 6.61 Å². The summed E-state index contributed by atoms with van der Waals surface area (Å²) in [6, 6.07) is 27.9. The zero-order valence-corrected chi connectivity index (χ0v) is 19.7. The molecule has 0 saturated carbocycles. The van der Waals surface area contributed by atoms with Crippen molar-refractivity contribution in [2.45, 2.75) is 6.54 Å². The summed E-state index contributed by atoms with van der Waals surface area (Å²) in [5.74, 6) is -0.516. The fourth-order valence-corrected chi connectivity index (χ4v) is 3.92. The molecular weight excluding hydrogens is 474 g/mol. The van der Waals surface area contributed by atoms with Gasteiger partial charge in [-0.2, -0.15) is 0 Å². The highest BCUT2D eigenvalue weighted by Crippen LogP contribution is 2.25. The molecule has 7 heteroatoms. The van der Waals surface area contributed by atoms with Crippen molar-refractivity contribution in [3.05, 3.63) is 132 Å². The highest BCUT2D eigenvalue weighted by atomic mass is 19.1. The van der Waals surface area contributed by atoms with E-state index < -0.39 is 17.6 Å². The number of aromatic nitrogens is 2. The maximum Gasteiger partial charge on any atom is 0.343 e. The zero-order chi connectivity index (χ0) is 25.6. The molecule has 0 unspecified atom stereocenters. The van der Waals surface area contributed by atoms with Gasteiger partial charge in [-0.1, -0.05) is 48.5 Å². The summed E-state index contributed by atoms with van der Waals surface area (Å²) < 4.78 is 41.3. The molecule has 0 saturated heterocycles. The second-order valence-electron chi connectivity index (χ2n) is 8.19. The predicted molar refractivity (Wildman–Crippen MR) is 138 cm³/mol. The molecular formula is C30H22F2N2O3. The minimum absolute atomic E-state index is 0.0343. The minimum Gasteiger partial charge on any atom is -0.492 e. The molecule has 0 atom stereocenters. The van der Waals surface area contributed by atoms with E-state index in [4.69, 9.17) is 14.5 Å². The molecule has 0 aliphatic heterocycles. The summed E-state index contributed by atoms with van der Waals surface area (Å²) in [4.78, 5) is 17.6. The van der Waals surface area contributed by atoms with Crippen molar-refractivity contribution in [3.63, 3.8) is 0 Å². The Labute approximate surface area is 212 Å². The summed E-state index contributed by atoms with van der Waals surface area (Å²) in [5.41, 5.74) is 1.97. The molecule has 4 aromatic carbocycles. The van der Waals surface area contributed by atoms with E-state index in [-0.39, 0.29) is 11.3 Å². The smallest absolute Gasteiger partial charge is 0.343 e. The molecule has 184 valence electrons. The monoisotopic (exact) mass is 496 g/mol. The van der Waals surface area contributed by atoms with Crippen LogP contribution in [-0.4, -0.2) is 22.1 Å². The zero-order valence-electron chi connectivity index (χ0n) is 19.7. The summed E-state index contributed by atoms with van der Waals surface area (Å²) >= 11 is 0. The lowest BCUT2D eigenvalue weighted by Gasteiger charge is -2.12. The highest BCUT2D eigenvalue weighted by molar-refractivity contribution is 5.95. The van der Waals surface area contributed by atoms with Crippen LogP contribution in [0.5, 0.6) is 5.75 Å². The average molecular weight is 497 g/mol. The molecule has 1 aromatic heterocycles. The normalized spacial score (nSPS) is 11.5. The molecule has 0 radical (unpaired) electrons. The van der Waals surface area contributed by atoms with Gasteiger partial charge in [-0.3, -0.25) is 0 Å². The predicted octanol–water partition coefficient (Wildman–Crippen LogP) is 6.75. The van der Waals surface area contributed by atoms with Gasteiger partial charge >= 0.3 is 5.97 Å². The number of esters is 1. The van der Waals surface area contributed by atoms with E-state index in [0.29, 0.717) is 24.5 Å². The maximum atomic E-state index is 14.1. The Morgan fingerprint density at radius 3 is 2.24 bits per heavy atom. The van der Waals surface area contributed by atoms with Crippen LogP contribution in [0.25, 0.3) is 22.9 Å². The van der Waals surface area contributed by atoms with Crippen LogP contribution in [0.3, 0.4) is 0 Å². The van der Waals surface area contributed by atoms with Crippen LogP contribution in [0, 0.1) is 11.6 Å². The number of rotatable bonds is 8. The lowest BCUT2D eigenvalue weighted by molar-refractivity contribution is 0.0693. The van der Waals surface area contributed by atoms with Gasteiger partial charge in [0.15, 0.2) is 0 Å². The summed E-state index contributed by atoms with van der Waals surface area (Å²) in [5, 5.41) is 0. The number of para-hydroxylation sites is 3. The van der Waals surface area contributed by atoms with Crippen LogP contribution in [0.2, 0.25) is 0 Å². The van der Waals surface area contributed by atoms with E-state index in [1.54, 1.807) is 12.1 Å². The van der Waals surface area contributed by atoms with Gasteiger partial charge in [0.05, 0.1) is 23.1 Å². The van der Waals surface area contributed by atoms with E-state index in [1.807, 2.05) is 59.2 Å². The van der Waals surface area contributed by atoms with Crippen molar-refractivity contribution in [1.29, 1.82) is 0 Å². The first-order chi connectivity index (χ1) is 18.1. The van der Waals surface area contributed by atoms with Crippen LogP contribution in [0.1, 0.15) is 21.7 Å². The number of carbonyl (C=O) groups is 1. The van der Waals surface area contributed by atoms with Gasteiger partial charge in [0.25, 0.3) is 0 Å². The number of ether oxygens (including phenoxy) is 2. The first-order valence-electron chi connectivity index (χ1n) is 11.7. The lowest BCUT2D eigenvalue weighted by atomic mass is 10.1. The fraction of sp³-hybridized carbons (Fsp3) is 0.0667. The number of halogens is 2. The van der Waals surface area contributed by atoms with Crippen LogP contribution in [0.15, 0.2) is 103 Å². The number of hydrogen-bond acceptors (Lipinski definition) is 4. The fourth-order valence-electron chi connectivity index (χ4n) is 3.92. The molecule has 5 aromatic rings. The van der Waals surface area contributed by atoms with E-state index in [1.165, 1.54) is 36.4 Å². The van der Waals surface area contributed by atoms with Gasteiger partial charge in [-0.05, 0) is 54.6 Å². The standard InChI is InChI=1S/C30H22F2N2O3/c31-23-10-6-8-21(18-23)28(37-30(35)22-9-7-11-24(32)19-22)20-29-33-26-14-4-5-15-27(26)34(29)16-17-36-25-12-2-1-3-13-25/h1-15,18-20H,16-17H2/b28-20-. The molecule has 0 bridgehead atoms. The van der Waals surface area contributed by atoms with Crippen LogP contribution in [-0.2, 0) is 11.3 Å². The lowest BCUT2D eigenvalue weighted by Crippen LogP contribution is -2.10. The van der Waals surface area contributed by atoms with Crippen molar-refractivity contribution in [1.82, 2.24) is 9.55 Å². The Hall–Kier alpha value is -4.78. The average Bonchev–Trinajstić information content (AvgIpc) is 3.26. The van der Waals surface area contributed by atoms with Crippen molar-refractivity contribution in [3.8, 4) is 5.75 Å². The van der Waals surface area contributed by atoms with E-state index in [9.17, 15) is 13.6 Å². The van der Waals surface area contributed by atoms with E-state index in [0.717, 1.165) is 22.8 Å². The Morgan fingerprint density at radius 1 is 0.811 bits per heavy atom. The largest absolute Gasteiger partial charge is 0.492 e. The Bertz CT molecular complexity index is 1580. The number of carbonyl (C=O) groups excluding carboxylic acids is 1. The molecule has 0 aliphatic rings. The third kappa shape index (κ3) is 5.73. The molecule has 5 rings (SSSR count). The van der Waals surface area contributed by atoms with Gasteiger partial charge in [0.2, 0.25) is 0 Å². The van der Waals surface area contributed by atoms with E-state index in [2.05, 4.69) is 0 Å². The molecule has 5 nitrogen and oxygen atoms in total. The van der Waals surface area contributed by atoms with E-state index >= 15 is 0 Å². The highest BCUT2D eigenvalue weighted by Gasteiger charge is 2.17. The molecule has 0 aliphatic carbocycles. The number of imidazole rings is 1. The minimum atomic E-state index is -0.773. The maximum absolute atomic E-state index is 14.1. The Kier molecular flexibility index (Phi) is 7.03. The van der Waals surface area contributed by atoms with Gasteiger partial charge in [-0.15, -0.1) is 0 Å². The molecule has 0 spiro atoms.